The van der Waals surface area contributed by atoms with Gasteiger partial charge in [0.2, 0.25) is 5.88 Å². The molecule has 0 bridgehead atoms. The van der Waals surface area contributed by atoms with Crippen molar-refractivity contribution in [2.75, 3.05) is 13.7 Å². The molecule has 174 valence electrons. The van der Waals surface area contributed by atoms with Crippen LogP contribution in [0.4, 0.5) is 5.88 Å². The van der Waals surface area contributed by atoms with Gasteiger partial charge in [-0.15, -0.1) is 0 Å². The van der Waals surface area contributed by atoms with Crippen molar-refractivity contribution in [3.63, 3.8) is 0 Å². The van der Waals surface area contributed by atoms with Crippen molar-refractivity contribution in [1.82, 2.24) is 0 Å². The van der Waals surface area contributed by atoms with Crippen molar-refractivity contribution >= 4 is 29.7 Å². The summed E-state index contributed by atoms with van der Waals surface area (Å²) in [5.41, 5.74) is 3.13. The van der Waals surface area contributed by atoms with Crippen LogP contribution in [0.2, 0.25) is 5.02 Å². The summed E-state index contributed by atoms with van der Waals surface area (Å²) < 4.78 is 16.6. The van der Waals surface area contributed by atoms with Gasteiger partial charge < -0.3 is 19.0 Å². The van der Waals surface area contributed by atoms with Gasteiger partial charge in [-0.2, -0.15) is 5.26 Å². The molecule has 7 nitrogen and oxygen atoms in total. The minimum atomic E-state index is -1.14. The number of halogens is 1. The summed E-state index contributed by atoms with van der Waals surface area (Å²) in [6, 6.07) is 24.4. The number of carboxylic acids is 1. The number of nitrogens with zero attached hydrogens (tertiary/aromatic N) is 2. The Hall–Kier alpha value is -4.54. The zero-order chi connectivity index (χ0) is 24.8. The highest BCUT2D eigenvalue weighted by Crippen LogP contribution is 2.42. The summed E-state index contributed by atoms with van der Waals surface area (Å²) >= 11 is 6.29. The number of ether oxygens (including phenoxy) is 2. The van der Waals surface area contributed by atoms with E-state index in [2.05, 4.69) is 11.1 Å². The van der Waals surface area contributed by atoms with E-state index >= 15 is 0 Å². The van der Waals surface area contributed by atoms with Crippen LogP contribution in [0.3, 0.4) is 0 Å². The highest BCUT2D eigenvalue weighted by atomic mass is 35.5. The number of carboxylic acid groups (broad SMARTS) is 1. The van der Waals surface area contributed by atoms with E-state index in [1.807, 2.05) is 60.7 Å². The summed E-state index contributed by atoms with van der Waals surface area (Å²) in [6.45, 7) is -0.564. The number of rotatable bonds is 8. The van der Waals surface area contributed by atoms with Crippen LogP contribution in [0.1, 0.15) is 11.1 Å². The topological polar surface area (TPSA) is 105 Å². The number of carbonyl (C=O) groups is 1. The number of aliphatic carboxylic acids is 1. The van der Waals surface area contributed by atoms with Crippen LogP contribution in [0.15, 0.2) is 82.2 Å². The molecular weight excluding hydrogens is 468 g/mol. The first kappa shape index (κ1) is 23.6. The van der Waals surface area contributed by atoms with Crippen LogP contribution in [-0.4, -0.2) is 31.0 Å². The molecule has 0 spiro atoms. The van der Waals surface area contributed by atoms with Crippen molar-refractivity contribution in [3.8, 4) is 40.0 Å². The maximum atomic E-state index is 10.8. The molecule has 3 aromatic carbocycles. The van der Waals surface area contributed by atoms with E-state index < -0.39 is 12.6 Å². The van der Waals surface area contributed by atoms with Crippen molar-refractivity contribution in [2.24, 2.45) is 4.99 Å². The van der Waals surface area contributed by atoms with Gasteiger partial charge in [0.1, 0.15) is 17.4 Å². The number of furan rings is 1. The fraction of sp³-hybridized carbons (Fsp3) is 0.0741. The van der Waals surface area contributed by atoms with Gasteiger partial charge in [0.25, 0.3) is 0 Å². The minimum Gasteiger partial charge on any atom is -0.493 e. The van der Waals surface area contributed by atoms with Gasteiger partial charge in [-0.1, -0.05) is 72.3 Å². The number of benzene rings is 3. The first-order valence-corrected chi connectivity index (χ1v) is 10.8. The second-order valence-electron chi connectivity index (χ2n) is 7.30. The fourth-order valence-corrected chi connectivity index (χ4v) is 3.78. The molecule has 0 aliphatic rings. The lowest BCUT2D eigenvalue weighted by atomic mass is 9.98. The zero-order valence-corrected chi connectivity index (χ0v) is 19.3. The maximum absolute atomic E-state index is 10.8. The first-order chi connectivity index (χ1) is 17.0. The van der Waals surface area contributed by atoms with Crippen molar-refractivity contribution in [3.05, 3.63) is 88.9 Å². The summed E-state index contributed by atoms with van der Waals surface area (Å²) in [5, 5.41) is 19.0. The Morgan fingerprint density at radius 3 is 2.37 bits per heavy atom. The quantitative estimate of drug-likeness (QED) is 0.290. The van der Waals surface area contributed by atoms with Crippen molar-refractivity contribution in [2.45, 2.75) is 0 Å². The second-order valence-corrected chi connectivity index (χ2v) is 7.71. The molecule has 4 aromatic rings. The summed E-state index contributed by atoms with van der Waals surface area (Å²) in [4.78, 5) is 15.3. The summed E-state index contributed by atoms with van der Waals surface area (Å²) in [5.74, 6) is -0.101. The molecule has 35 heavy (non-hydrogen) atoms. The average molecular weight is 487 g/mol. The number of hydrogen-bond acceptors (Lipinski definition) is 6. The molecule has 0 radical (unpaired) electrons. The number of hydrogen-bond donors (Lipinski definition) is 1. The smallest absolute Gasteiger partial charge is 0.341 e. The molecule has 0 aliphatic heterocycles. The van der Waals surface area contributed by atoms with Crippen LogP contribution in [0.25, 0.3) is 22.5 Å². The number of methoxy groups -OCH3 is 1. The molecule has 0 unspecified atom stereocenters. The van der Waals surface area contributed by atoms with Crippen LogP contribution in [0, 0.1) is 11.3 Å². The highest BCUT2D eigenvalue weighted by molar-refractivity contribution is 6.32. The Bertz CT molecular complexity index is 1420. The number of aliphatic imine (C=N–C) groups is 1. The SMILES string of the molecule is COc1cc(C=Nc2oc(-c3ccccc3)c(-c3ccccc3)c2C#N)cc(Cl)c1OCC(=O)O. The first-order valence-electron chi connectivity index (χ1n) is 10.5. The molecule has 1 N–H and O–H groups in total. The van der Waals surface area contributed by atoms with E-state index in [4.69, 9.17) is 30.6 Å². The van der Waals surface area contributed by atoms with Gasteiger partial charge in [0.05, 0.1) is 12.1 Å². The van der Waals surface area contributed by atoms with Crippen molar-refractivity contribution < 1.29 is 23.8 Å². The lowest BCUT2D eigenvalue weighted by Gasteiger charge is -2.11. The molecule has 4 rings (SSSR count). The average Bonchev–Trinajstić information content (AvgIpc) is 3.26. The Balaban J connectivity index is 1.78. The van der Waals surface area contributed by atoms with Crippen LogP contribution in [0.5, 0.6) is 11.5 Å². The van der Waals surface area contributed by atoms with E-state index in [9.17, 15) is 10.1 Å². The predicted octanol–water partition coefficient (Wildman–Crippen LogP) is 6.36. The molecule has 0 aliphatic carbocycles. The molecule has 0 atom stereocenters. The predicted molar refractivity (Wildman–Crippen MR) is 133 cm³/mol. The monoisotopic (exact) mass is 486 g/mol. The van der Waals surface area contributed by atoms with Gasteiger partial charge in [0, 0.05) is 17.3 Å². The van der Waals surface area contributed by atoms with Gasteiger partial charge >= 0.3 is 5.97 Å². The molecule has 8 heteroatoms. The molecule has 1 heterocycles. The highest BCUT2D eigenvalue weighted by Gasteiger charge is 2.22. The van der Waals surface area contributed by atoms with E-state index in [-0.39, 0.29) is 22.4 Å². The zero-order valence-electron chi connectivity index (χ0n) is 18.6. The maximum Gasteiger partial charge on any atom is 0.341 e. The van der Waals surface area contributed by atoms with Gasteiger partial charge in [-0.25, -0.2) is 9.79 Å². The fourth-order valence-electron chi connectivity index (χ4n) is 3.51. The molecule has 0 saturated heterocycles. The van der Waals surface area contributed by atoms with Crippen LogP contribution < -0.4 is 9.47 Å². The van der Waals surface area contributed by atoms with Crippen molar-refractivity contribution in [1.29, 1.82) is 5.26 Å². The Kier molecular flexibility index (Phi) is 7.15. The second kappa shape index (κ2) is 10.6. The third-order valence-electron chi connectivity index (χ3n) is 5.02. The lowest BCUT2D eigenvalue weighted by molar-refractivity contribution is -0.139. The minimum absolute atomic E-state index is 0.113. The molecule has 0 fully saturated rings. The Labute approximate surface area is 206 Å². The standard InChI is InChI=1S/C27H19ClN2O5/c1-33-22-13-17(12-21(28)26(22)34-16-23(31)32)15-30-27-20(14-29)24(18-8-4-2-5-9-18)25(35-27)19-10-6-3-7-11-19/h2-13,15H,16H2,1H3,(H,31,32). The van der Waals surface area contributed by atoms with Gasteiger partial charge in [0.15, 0.2) is 18.1 Å². The Morgan fingerprint density at radius 2 is 1.77 bits per heavy atom. The summed E-state index contributed by atoms with van der Waals surface area (Å²) in [6.07, 6.45) is 1.48. The number of nitriles is 1. The largest absolute Gasteiger partial charge is 0.493 e. The van der Waals surface area contributed by atoms with Gasteiger partial charge in [-0.05, 0) is 23.3 Å². The summed E-state index contributed by atoms with van der Waals surface area (Å²) in [7, 11) is 1.42. The van der Waals surface area contributed by atoms with E-state index in [0.29, 0.717) is 22.5 Å². The van der Waals surface area contributed by atoms with E-state index in [0.717, 1.165) is 11.1 Å². The van der Waals surface area contributed by atoms with E-state index in [1.54, 1.807) is 12.1 Å². The third kappa shape index (κ3) is 5.18. The van der Waals surface area contributed by atoms with Crippen LogP contribution in [-0.2, 0) is 4.79 Å². The lowest BCUT2D eigenvalue weighted by Crippen LogP contribution is -2.10. The molecule has 0 saturated carbocycles. The van der Waals surface area contributed by atoms with E-state index in [1.165, 1.54) is 13.3 Å². The van der Waals surface area contributed by atoms with Crippen LogP contribution >= 0.6 is 11.6 Å². The normalized spacial score (nSPS) is 10.8. The molecule has 1 aromatic heterocycles. The molecule has 0 amide bonds. The third-order valence-corrected chi connectivity index (χ3v) is 5.30. The molecular formula is C27H19ClN2O5. The Morgan fingerprint density at radius 1 is 1.11 bits per heavy atom. The van der Waals surface area contributed by atoms with Gasteiger partial charge in [-0.3, -0.25) is 0 Å².